The van der Waals surface area contributed by atoms with Gasteiger partial charge in [0.25, 0.3) is 0 Å². The second-order valence-corrected chi connectivity index (χ2v) is 4.84. The Morgan fingerprint density at radius 1 is 1.31 bits per heavy atom. The molecule has 2 N–H and O–H groups in total. The molecule has 1 saturated heterocycles. The summed E-state index contributed by atoms with van der Waals surface area (Å²) in [7, 11) is 0. The summed E-state index contributed by atoms with van der Waals surface area (Å²) in [5.74, 6) is 1.28. The van der Waals surface area contributed by atoms with Crippen molar-refractivity contribution in [1.29, 1.82) is 0 Å². The Morgan fingerprint density at radius 2 is 2.08 bits per heavy atom. The number of hydrogen-bond donors (Lipinski definition) is 1. The normalized spacial score (nSPS) is 24.5. The van der Waals surface area contributed by atoms with Crippen LogP contribution in [-0.4, -0.2) is 11.0 Å². The van der Waals surface area contributed by atoms with Gasteiger partial charge in [0.15, 0.2) is 0 Å². The van der Waals surface area contributed by atoms with Gasteiger partial charge in [0.1, 0.15) is 0 Å². The Balaban J connectivity index is 2.08. The highest BCUT2D eigenvalue weighted by Crippen LogP contribution is 2.34. The molecule has 1 fully saturated rings. The SMILES string of the molecule is NC(c1ccccc1)C1CCCS1. The molecule has 1 aliphatic heterocycles. The molecule has 0 aromatic heterocycles. The van der Waals surface area contributed by atoms with Crippen molar-refractivity contribution in [3.63, 3.8) is 0 Å². The van der Waals surface area contributed by atoms with Crippen LogP contribution in [0.4, 0.5) is 0 Å². The summed E-state index contributed by atoms with van der Waals surface area (Å²) in [5, 5.41) is 0.641. The summed E-state index contributed by atoms with van der Waals surface area (Å²) in [6.45, 7) is 0. The molecule has 13 heavy (non-hydrogen) atoms. The van der Waals surface area contributed by atoms with Gasteiger partial charge in [-0.3, -0.25) is 0 Å². The third-order valence-electron chi connectivity index (χ3n) is 2.55. The molecule has 70 valence electrons. The predicted molar refractivity (Wildman–Crippen MR) is 58.9 cm³/mol. The zero-order valence-electron chi connectivity index (χ0n) is 7.65. The smallest absolute Gasteiger partial charge is 0.0415 e. The van der Waals surface area contributed by atoms with Crippen LogP contribution in [-0.2, 0) is 0 Å². The van der Waals surface area contributed by atoms with Crippen LogP contribution in [0.25, 0.3) is 0 Å². The van der Waals surface area contributed by atoms with Crippen molar-refractivity contribution in [3.05, 3.63) is 35.9 Å². The average molecular weight is 193 g/mol. The van der Waals surface area contributed by atoms with Crippen LogP contribution < -0.4 is 5.73 Å². The van der Waals surface area contributed by atoms with Crippen LogP contribution in [0.15, 0.2) is 30.3 Å². The van der Waals surface area contributed by atoms with E-state index in [1.807, 2.05) is 17.8 Å². The molecule has 1 aromatic rings. The average Bonchev–Trinajstić information content (AvgIpc) is 2.71. The van der Waals surface area contributed by atoms with E-state index in [4.69, 9.17) is 5.73 Å². The summed E-state index contributed by atoms with van der Waals surface area (Å²) in [5.41, 5.74) is 7.46. The maximum absolute atomic E-state index is 6.18. The second-order valence-electron chi connectivity index (χ2n) is 3.49. The molecular weight excluding hydrogens is 178 g/mol. The molecule has 0 aliphatic carbocycles. The van der Waals surface area contributed by atoms with Crippen molar-refractivity contribution in [2.24, 2.45) is 5.73 Å². The molecule has 1 nitrogen and oxygen atoms in total. The fourth-order valence-corrected chi connectivity index (χ4v) is 3.11. The Hall–Kier alpha value is -0.470. The van der Waals surface area contributed by atoms with Gasteiger partial charge < -0.3 is 5.73 Å². The van der Waals surface area contributed by atoms with Crippen molar-refractivity contribution >= 4 is 11.8 Å². The summed E-state index contributed by atoms with van der Waals surface area (Å²) in [6.07, 6.45) is 2.61. The molecule has 1 aromatic carbocycles. The van der Waals surface area contributed by atoms with E-state index in [1.165, 1.54) is 24.2 Å². The van der Waals surface area contributed by atoms with Gasteiger partial charge in [0, 0.05) is 11.3 Å². The van der Waals surface area contributed by atoms with Crippen molar-refractivity contribution in [2.75, 3.05) is 5.75 Å². The van der Waals surface area contributed by atoms with Crippen LogP contribution in [0.1, 0.15) is 24.4 Å². The Morgan fingerprint density at radius 3 is 2.69 bits per heavy atom. The topological polar surface area (TPSA) is 26.0 Å². The van der Waals surface area contributed by atoms with E-state index >= 15 is 0 Å². The van der Waals surface area contributed by atoms with Crippen molar-refractivity contribution in [2.45, 2.75) is 24.1 Å². The summed E-state index contributed by atoms with van der Waals surface area (Å²) >= 11 is 2.02. The molecule has 0 amide bonds. The Bertz CT molecular complexity index is 254. The summed E-state index contributed by atoms with van der Waals surface area (Å²) in [4.78, 5) is 0. The number of hydrogen-bond acceptors (Lipinski definition) is 2. The van der Waals surface area contributed by atoms with E-state index in [0.29, 0.717) is 5.25 Å². The first-order valence-electron chi connectivity index (χ1n) is 4.80. The lowest BCUT2D eigenvalue weighted by Gasteiger charge is -2.18. The standard InChI is InChI=1S/C11H15NS/c12-11(10-7-4-8-13-10)9-5-2-1-3-6-9/h1-3,5-6,10-11H,4,7-8,12H2. The highest BCUT2D eigenvalue weighted by atomic mass is 32.2. The van der Waals surface area contributed by atoms with Crippen LogP contribution >= 0.6 is 11.8 Å². The van der Waals surface area contributed by atoms with Gasteiger partial charge in [-0.25, -0.2) is 0 Å². The first-order chi connectivity index (χ1) is 6.38. The number of rotatable bonds is 2. The molecule has 0 spiro atoms. The van der Waals surface area contributed by atoms with Crippen molar-refractivity contribution < 1.29 is 0 Å². The first-order valence-corrected chi connectivity index (χ1v) is 5.85. The van der Waals surface area contributed by atoms with Crippen LogP contribution in [0, 0.1) is 0 Å². The largest absolute Gasteiger partial charge is 0.323 e. The lowest BCUT2D eigenvalue weighted by molar-refractivity contribution is 0.645. The molecular formula is C11H15NS. The molecule has 1 aliphatic rings. The monoisotopic (exact) mass is 193 g/mol. The molecule has 2 heteroatoms. The number of benzene rings is 1. The van der Waals surface area contributed by atoms with Gasteiger partial charge >= 0.3 is 0 Å². The van der Waals surface area contributed by atoms with Crippen molar-refractivity contribution in [3.8, 4) is 0 Å². The lowest BCUT2D eigenvalue weighted by Crippen LogP contribution is -2.21. The van der Waals surface area contributed by atoms with Gasteiger partial charge in [-0.15, -0.1) is 0 Å². The lowest BCUT2D eigenvalue weighted by atomic mass is 10.0. The van der Waals surface area contributed by atoms with E-state index in [-0.39, 0.29) is 6.04 Å². The zero-order chi connectivity index (χ0) is 9.10. The highest BCUT2D eigenvalue weighted by Gasteiger charge is 2.23. The van der Waals surface area contributed by atoms with Gasteiger partial charge in [-0.2, -0.15) is 11.8 Å². The van der Waals surface area contributed by atoms with Crippen LogP contribution in [0.2, 0.25) is 0 Å². The van der Waals surface area contributed by atoms with Gasteiger partial charge in [-0.05, 0) is 24.2 Å². The quantitative estimate of drug-likeness (QED) is 0.781. The Labute approximate surface area is 83.7 Å². The van der Waals surface area contributed by atoms with Crippen molar-refractivity contribution in [1.82, 2.24) is 0 Å². The number of nitrogens with two attached hydrogens (primary N) is 1. The van der Waals surface area contributed by atoms with E-state index in [0.717, 1.165) is 0 Å². The summed E-state index contributed by atoms with van der Waals surface area (Å²) in [6, 6.07) is 10.7. The van der Waals surface area contributed by atoms with E-state index in [2.05, 4.69) is 24.3 Å². The molecule has 2 atom stereocenters. The third-order valence-corrected chi connectivity index (χ3v) is 4.03. The maximum Gasteiger partial charge on any atom is 0.0415 e. The first kappa shape index (κ1) is 9.10. The molecule has 0 radical (unpaired) electrons. The van der Waals surface area contributed by atoms with Gasteiger partial charge in [-0.1, -0.05) is 30.3 Å². The van der Waals surface area contributed by atoms with E-state index in [9.17, 15) is 0 Å². The Kier molecular flexibility index (Phi) is 2.91. The molecule has 0 saturated carbocycles. The fraction of sp³-hybridized carbons (Fsp3) is 0.455. The van der Waals surface area contributed by atoms with Crippen LogP contribution in [0.5, 0.6) is 0 Å². The molecule has 0 bridgehead atoms. The van der Waals surface area contributed by atoms with E-state index in [1.54, 1.807) is 0 Å². The minimum Gasteiger partial charge on any atom is -0.323 e. The minimum atomic E-state index is 0.230. The fourth-order valence-electron chi connectivity index (χ4n) is 1.78. The molecule has 2 rings (SSSR count). The van der Waals surface area contributed by atoms with Crippen LogP contribution in [0.3, 0.4) is 0 Å². The predicted octanol–water partition coefficient (Wildman–Crippen LogP) is 2.58. The highest BCUT2D eigenvalue weighted by molar-refractivity contribution is 8.00. The zero-order valence-corrected chi connectivity index (χ0v) is 8.46. The second kappa shape index (κ2) is 4.16. The maximum atomic E-state index is 6.18. The minimum absolute atomic E-state index is 0.230. The number of thioether (sulfide) groups is 1. The van der Waals surface area contributed by atoms with Gasteiger partial charge in [0.05, 0.1) is 0 Å². The molecule has 1 heterocycles. The van der Waals surface area contributed by atoms with Gasteiger partial charge in [0.2, 0.25) is 0 Å². The molecule has 2 unspecified atom stereocenters. The third kappa shape index (κ3) is 2.06. The van der Waals surface area contributed by atoms with E-state index < -0.39 is 0 Å². The summed E-state index contributed by atoms with van der Waals surface area (Å²) < 4.78 is 0.